The molecule has 0 radical (unpaired) electrons. The van der Waals surface area contributed by atoms with Crippen molar-refractivity contribution < 1.29 is 24.1 Å². The molecule has 1 N–H and O–H groups in total. The predicted molar refractivity (Wildman–Crippen MR) is 113 cm³/mol. The van der Waals surface area contributed by atoms with Crippen LogP contribution in [-0.2, 0) is 6.42 Å². The number of rotatable bonds is 10. The zero-order chi connectivity index (χ0) is 20.8. The lowest BCUT2D eigenvalue weighted by molar-refractivity contribution is 0.0774. The maximum Gasteiger partial charge on any atom is 0.207 e. The number of aliphatic hydroxyl groups is 1. The molecule has 0 aromatic heterocycles. The van der Waals surface area contributed by atoms with E-state index in [1.54, 1.807) is 28.4 Å². The van der Waals surface area contributed by atoms with Gasteiger partial charge in [0.15, 0.2) is 11.5 Å². The number of halogens is 1. The molecular weight excluding hydrogens is 412 g/mol. The third-order valence-electron chi connectivity index (χ3n) is 4.72. The maximum atomic E-state index is 10.1. The van der Waals surface area contributed by atoms with Crippen molar-refractivity contribution in [2.45, 2.75) is 57.4 Å². The summed E-state index contributed by atoms with van der Waals surface area (Å²) in [6, 6.07) is 0. The highest BCUT2D eigenvalue weighted by atomic mass is 79.9. The van der Waals surface area contributed by atoms with Gasteiger partial charge in [0, 0.05) is 16.0 Å². The zero-order valence-corrected chi connectivity index (χ0v) is 19.3. The molecule has 6 heteroatoms. The van der Waals surface area contributed by atoms with E-state index in [1.165, 1.54) is 5.57 Å². The quantitative estimate of drug-likeness (QED) is 0.413. The Labute approximate surface area is 171 Å². The third kappa shape index (κ3) is 5.79. The number of benzene rings is 1. The van der Waals surface area contributed by atoms with Gasteiger partial charge in [-0.3, -0.25) is 0 Å². The van der Waals surface area contributed by atoms with E-state index in [-0.39, 0.29) is 4.83 Å². The van der Waals surface area contributed by atoms with Gasteiger partial charge in [0.05, 0.1) is 34.0 Å². The molecule has 154 valence electrons. The lowest BCUT2D eigenvalue weighted by atomic mass is 9.97. The average Bonchev–Trinajstić information content (AvgIpc) is 2.62. The second-order valence-corrected chi connectivity index (χ2v) is 8.26. The van der Waals surface area contributed by atoms with E-state index < -0.39 is 5.60 Å². The highest BCUT2D eigenvalue weighted by Crippen LogP contribution is 2.49. The molecule has 0 heterocycles. The Hall–Kier alpha value is -1.40. The summed E-state index contributed by atoms with van der Waals surface area (Å²) in [4.78, 5) is 0.0470. The molecule has 0 aliphatic rings. The van der Waals surface area contributed by atoms with E-state index in [1.807, 2.05) is 20.8 Å². The molecule has 1 aromatic rings. The summed E-state index contributed by atoms with van der Waals surface area (Å²) in [6.07, 6.45) is 4.62. The molecule has 0 aliphatic carbocycles. The summed E-state index contributed by atoms with van der Waals surface area (Å²) in [7, 11) is 6.42. The van der Waals surface area contributed by atoms with E-state index >= 15 is 0 Å². The Bertz CT molecular complexity index is 662. The summed E-state index contributed by atoms with van der Waals surface area (Å²) in [6.45, 7) is 7.72. The van der Waals surface area contributed by atoms with Crippen molar-refractivity contribution in [3.63, 3.8) is 0 Å². The zero-order valence-electron chi connectivity index (χ0n) is 17.7. The smallest absolute Gasteiger partial charge is 0.207 e. The minimum atomic E-state index is -0.739. The molecule has 1 rings (SSSR count). The van der Waals surface area contributed by atoms with Gasteiger partial charge in [-0.25, -0.2) is 0 Å². The van der Waals surface area contributed by atoms with Crippen LogP contribution in [0.2, 0.25) is 0 Å². The molecule has 0 saturated heterocycles. The Morgan fingerprint density at radius 2 is 1.48 bits per heavy atom. The first-order valence-corrected chi connectivity index (χ1v) is 9.91. The van der Waals surface area contributed by atoms with Crippen LogP contribution in [-0.4, -0.2) is 44.0 Å². The minimum Gasteiger partial charge on any atom is -0.492 e. The monoisotopic (exact) mass is 444 g/mol. The molecule has 27 heavy (non-hydrogen) atoms. The largest absolute Gasteiger partial charge is 0.492 e. The topological polar surface area (TPSA) is 57.2 Å². The van der Waals surface area contributed by atoms with Crippen molar-refractivity contribution in [1.82, 2.24) is 0 Å². The molecule has 1 unspecified atom stereocenters. The predicted octanol–water partition coefficient (Wildman–Crippen LogP) is 4.83. The van der Waals surface area contributed by atoms with Crippen LogP contribution in [0.15, 0.2) is 11.6 Å². The fraction of sp³-hybridized carbons (Fsp3) is 0.619. The normalized spacial score (nSPS) is 13.3. The van der Waals surface area contributed by atoms with E-state index in [2.05, 4.69) is 28.9 Å². The molecular formula is C21H33BrO5. The standard InChI is InChI=1S/C21H33BrO5/c1-13(10-12-16(22)21(3,4)23)9-11-15-14(2)17(24-5)19(26-7)20(27-8)18(15)25-6/h9,16,23H,10-12H2,1-8H3/b13-9+. The molecule has 0 bridgehead atoms. The highest BCUT2D eigenvalue weighted by molar-refractivity contribution is 9.09. The van der Waals surface area contributed by atoms with E-state index in [0.29, 0.717) is 29.4 Å². The number of ether oxygens (including phenoxy) is 4. The van der Waals surface area contributed by atoms with E-state index in [0.717, 1.165) is 24.0 Å². The van der Waals surface area contributed by atoms with Crippen LogP contribution >= 0.6 is 15.9 Å². The van der Waals surface area contributed by atoms with Crippen molar-refractivity contribution in [1.29, 1.82) is 0 Å². The Morgan fingerprint density at radius 3 is 1.93 bits per heavy atom. The van der Waals surface area contributed by atoms with Crippen LogP contribution in [0.1, 0.15) is 44.7 Å². The van der Waals surface area contributed by atoms with Crippen LogP contribution in [0.25, 0.3) is 0 Å². The number of hydrogen-bond donors (Lipinski definition) is 1. The van der Waals surface area contributed by atoms with Crippen molar-refractivity contribution in [3.05, 3.63) is 22.8 Å². The SMILES string of the molecule is COc1c(C)c(C/C=C(\C)CCC(Br)C(C)(C)O)c(OC)c(OC)c1OC. The molecule has 0 amide bonds. The van der Waals surface area contributed by atoms with Gasteiger partial charge in [0.2, 0.25) is 11.5 Å². The minimum absolute atomic E-state index is 0.0470. The fourth-order valence-electron chi connectivity index (χ4n) is 2.99. The lowest BCUT2D eigenvalue weighted by Crippen LogP contribution is -2.31. The summed E-state index contributed by atoms with van der Waals surface area (Å²) in [5.74, 6) is 2.38. The Balaban J connectivity index is 3.15. The number of hydrogen-bond acceptors (Lipinski definition) is 5. The lowest BCUT2D eigenvalue weighted by Gasteiger charge is -2.24. The van der Waals surface area contributed by atoms with Crippen LogP contribution in [0.3, 0.4) is 0 Å². The van der Waals surface area contributed by atoms with Gasteiger partial charge in [-0.2, -0.15) is 0 Å². The second-order valence-electron chi connectivity index (χ2n) is 7.15. The summed E-state index contributed by atoms with van der Waals surface area (Å²) in [5, 5.41) is 10.1. The second kappa shape index (κ2) is 10.2. The van der Waals surface area contributed by atoms with Crippen LogP contribution in [0.5, 0.6) is 23.0 Å². The van der Waals surface area contributed by atoms with E-state index in [4.69, 9.17) is 18.9 Å². The molecule has 5 nitrogen and oxygen atoms in total. The van der Waals surface area contributed by atoms with Gasteiger partial charge in [-0.1, -0.05) is 27.6 Å². The maximum absolute atomic E-state index is 10.1. The van der Waals surface area contributed by atoms with E-state index in [9.17, 15) is 5.11 Å². The molecule has 0 saturated carbocycles. The van der Waals surface area contributed by atoms with Gasteiger partial charge < -0.3 is 24.1 Å². The number of allylic oxidation sites excluding steroid dienone is 2. The Kier molecular flexibility index (Phi) is 8.95. The molecule has 0 fully saturated rings. The summed E-state index contributed by atoms with van der Waals surface area (Å²) < 4.78 is 22.2. The number of alkyl halides is 1. The van der Waals surface area contributed by atoms with Crippen LogP contribution in [0.4, 0.5) is 0 Å². The van der Waals surface area contributed by atoms with Gasteiger partial charge in [-0.15, -0.1) is 0 Å². The van der Waals surface area contributed by atoms with Crippen molar-refractivity contribution >= 4 is 15.9 Å². The van der Waals surface area contributed by atoms with Gasteiger partial charge in [0.25, 0.3) is 0 Å². The first kappa shape index (κ1) is 23.6. The summed E-state index contributed by atoms with van der Waals surface area (Å²) in [5.41, 5.74) is 2.48. The highest BCUT2D eigenvalue weighted by Gasteiger charge is 2.25. The van der Waals surface area contributed by atoms with Gasteiger partial charge in [0.1, 0.15) is 0 Å². The number of methoxy groups -OCH3 is 4. The fourth-order valence-corrected chi connectivity index (χ4v) is 3.21. The third-order valence-corrected chi connectivity index (χ3v) is 6.29. The Morgan fingerprint density at radius 1 is 1.00 bits per heavy atom. The van der Waals surface area contributed by atoms with Crippen LogP contribution in [0, 0.1) is 6.92 Å². The molecule has 1 atom stereocenters. The first-order valence-electron chi connectivity index (χ1n) is 8.99. The summed E-state index contributed by atoms with van der Waals surface area (Å²) >= 11 is 3.57. The van der Waals surface area contributed by atoms with Crippen molar-refractivity contribution in [2.75, 3.05) is 28.4 Å². The molecule has 0 spiro atoms. The van der Waals surface area contributed by atoms with Gasteiger partial charge >= 0.3 is 0 Å². The van der Waals surface area contributed by atoms with Crippen LogP contribution < -0.4 is 18.9 Å². The molecule has 1 aromatic carbocycles. The average molecular weight is 445 g/mol. The van der Waals surface area contributed by atoms with Crippen molar-refractivity contribution in [2.24, 2.45) is 0 Å². The van der Waals surface area contributed by atoms with Gasteiger partial charge in [-0.05, 0) is 47.0 Å². The first-order chi connectivity index (χ1) is 12.6. The molecule has 0 aliphatic heterocycles. The van der Waals surface area contributed by atoms with Crippen molar-refractivity contribution in [3.8, 4) is 23.0 Å².